The Bertz CT molecular complexity index is 407. The maximum Gasteiger partial charge on any atom is 0.407 e. The van der Waals surface area contributed by atoms with Gasteiger partial charge in [-0.1, -0.05) is 6.07 Å². The van der Waals surface area contributed by atoms with Gasteiger partial charge in [0.15, 0.2) is 11.5 Å². The van der Waals surface area contributed by atoms with Crippen LogP contribution in [0.4, 0.5) is 13.2 Å². The van der Waals surface area contributed by atoms with Gasteiger partial charge in [0.2, 0.25) is 0 Å². The molecule has 0 aliphatic heterocycles. The van der Waals surface area contributed by atoms with Crippen LogP contribution in [0.3, 0.4) is 0 Å². The Morgan fingerprint density at radius 3 is 2.16 bits per heavy atom. The highest BCUT2D eigenvalue weighted by molar-refractivity contribution is 5.44. The zero-order chi connectivity index (χ0) is 14.5. The topological polar surface area (TPSA) is 30.5 Å². The molecule has 0 saturated carbocycles. The fourth-order valence-electron chi connectivity index (χ4n) is 1.77. The third-order valence-corrected chi connectivity index (χ3v) is 2.52. The highest BCUT2D eigenvalue weighted by Gasteiger charge is 2.40. The third kappa shape index (κ3) is 4.02. The van der Waals surface area contributed by atoms with E-state index in [0.29, 0.717) is 24.7 Å². The van der Waals surface area contributed by atoms with E-state index in [1.807, 2.05) is 0 Å². The van der Waals surface area contributed by atoms with Gasteiger partial charge in [0.25, 0.3) is 0 Å². The first-order chi connectivity index (χ1) is 8.93. The van der Waals surface area contributed by atoms with Gasteiger partial charge in [0.1, 0.15) is 6.04 Å². The molecule has 3 nitrogen and oxygen atoms in total. The van der Waals surface area contributed by atoms with Crippen LogP contribution in [0.5, 0.6) is 11.5 Å². The number of hydrogen-bond acceptors (Lipinski definition) is 3. The van der Waals surface area contributed by atoms with E-state index >= 15 is 0 Å². The summed E-state index contributed by atoms with van der Waals surface area (Å²) < 4.78 is 49.1. The number of ether oxygens (including phenoxy) is 2. The van der Waals surface area contributed by atoms with Crippen LogP contribution in [0.25, 0.3) is 0 Å². The number of nitrogens with one attached hydrogen (secondary N) is 1. The first kappa shape index (κ1) is 15.6. The lowest BCUT2D eigenvalue weighted by Gasteiger charge is -2.21. The first-order valence-corrected chi connectivity index (χ1v) is 6.07. The molecule has 0 aromatic heterocycles. The molecule has 0 amide bonds. The fourth-order valence-corrected chi connectivity index (χ4v) is 1.77. The smallest absolute Gasteiger partial charge is 0.407 e. The molecule has 6 heteroatoms. The van der Waals surface area contributed by atoms with E-state index in [9.17, 15) is 13.2 Å². The second-order valence-corrected chi connectivity index (χ2v) is 3.84. The number of rotatable bonds is 6. The average Bonchev–Trinajstić information content (AvgIpc) is 2.32. The normalized spacial score (nSPS) is 13.2. The van der Waals surface area contributed by atoms with E-state index in [4.69, 9.17) is 9.47 Å². The fraction of sp³-hybridized carbons (Fsp3) is 0.538. The van der Waals surface area contributed by atoms with Gasteiger partial charge in [-0.25, -0.2) is 0 Å². The molecule has 19 heavy (non-hydrogen) atoms. The van der Waals surface area contributed by atoms with Crippen LogP contribution >= 0.6 is 0 Å². The predicted octanol–water partition coefficient (Wildman–Crippen LogP) is 3.31. The number of hydrogen-bond donors (Lipinski definition) is 1. The quantitative estimate of drug-likeness (QED) is 0.865. The van der Waals surface area contributed by atoms with E-state index in [0.717, 1.165) is 0 Å². The van der Waals surface area contributed by atoms with Gasteiger partial charge in [-0.05, 0) is 38.6 Å². The minimum absolute atomic E-state index is 0.0990. The van der Waals surface area contributed by atoms with Crippen LogP contribution in [0.15, 0.2) is 18.2 Å². The molecule has 1 aromatic rings. The molecule has 0 fully saturated rings. The SMILES string of the molecule is CCOc1ccc(C(NC)C(F)(F)F)cc1OCC. The Balaban J connectivity index is 3.12. The van der Waals surface area contributed by atoms with Crippen molar-refractivity contribution in [2.75, 3.05) is 20.3 Å². The average molecular weight is 277 g/mol. The second kappa shape index (κ2) is 6.65. The lowest BCUT2D eigenvalue weighted by Crippen LogP contribution is -2.31. The van der Waals surface area contributed by atoms with Gasteiger partial charge in [-0.2, -0.15) is 13.2 Å². The zero-order valence-electron chi connectivity index (χ0n) is 11.2. The molecule has 1 unspecified atom stereocenters. The van der Waals surface area contributed by atoms with Crippen molar-refractivity contribution in [3.8, 4) is 11.5 Å². The zero-order valence-corrected chi connectivity index (χ0v) is 11.2. The summed E-state index contributed by atoms with van der Waals surface area (Å²) in [6.45, 7) is 4.35. The van der Waals surface area contributed by atoms with E-state index in [-0.39, 0.29) is 5.56 Å². The molecule has 0 aliphatic carbocycles. The standard InChI is InChI=1S/C13H18F3NO2/c1-4-18-10-7-6-9(8-11(10)19-5-2)12(17-3)13(14,15)16/h6-8,12,17H,4-5H2,1-3H3. The molecule has 0 aliphatic rings. The van der Waals surface area contributed by atoms with Crippen LogP contribution in [-0.2, 0) is 0 Å². The monoisotopic (exact) mass is 277 g/mol. The van der Waals surface area contributed by atoms with Crippen LogP contribution in [-0.4, -0.2) is 26.4 Å². The van der Waals surface area contributed by atoms with Crippen molar-refractivity contribution in [3.05, 3.63) is 23.8 Å². The van der Waals surface area contributed by atoms with Gasteiger partial charge in [-0.15, -0.1) is 0 Å². The summed E-state index contributed by atoms with van der Waals surface area (Å²) >= 11 is 0. The summed E-state index contributed by atoms with van der Waals surface area (Å²) in [5.41, 5.74) is 0.0990. The third-order valence-electron chi connectivity index (χ3n) is 2.52. The predicted molar refractivity (Wildman–Crippen MR) is 66.6 cm³/mol. The highest BCUT2D eigenvalue weighted by Crippen LogP contribution is 2.37. The van der Waals surface area contributed by atoms with Crippen molar-refractivity contribution in [1.82, 2.24) is 5.32 Å². The van der Waals surface area contributed by atoms with E-state index < -0.39 is 12.2 Å². The van der Waals surface area contributed by atoms with Gasteiger partial charge in [0.05, 0.1) is 13.2 Å². The second-order valence-electron chi connectivity index (χ2n) is 3.84. The van der Waals surface area contributed by atoms with Crippen molar-refractivity contribution in [1.29, 1.82) is 0 Å². The van der Waals surface area contributed by atoms with Crippen LogP contribution in [0.1, 0.15) is 25.5 Å². The maximum atomic E-state index is 12.8. The number of benzene rings is 1. The van der Waals surface area contributed by atoms with Gasteiger partial charge in [0, 0.05) is 0 Å². The van der Waals surface area contributed by atoms with Crippen LogP contribution < -0.4 is 14.8 Å². The van der Waals surface area contributed by atoms with Gasteiger partial charge in [-0.3, -0.25) is 0 Å². The Morgan fingerprint density at radius 2 is 1.68 bits per heavy atom. The number of halogens is 3. The molecular formula is C13H18F3NO2. The number of alkyl halides is 3. The molecule has 0 saturated heterocycles. The van der Waals surface area contributed by atoms with Crippen molar-refractivity contribution in [2.24, 2.45) is 0 Å². The van der Waals surface area contributed by atoms with Crippen molar-refractivity contribution in [3.63, 3.8) is 0 Å². The highest BCUT2D eigenvalue weighted by atomic mass is 19.4. The van der Waals surface area contributed by atoms with E-state index in [1.165, 1.54) is 25.2 Å². The molecule has 0 spiro atoms. The molecule has 0 heterocycles. The lowest BCUT2D eigenvalue weighted by molar-refractivity contribution is -0.156. The minimum Gasteiger partial charge on any atom is -0.490 e. The Labute approximate surface area is 110 Å². The molecule has 1 N–H and O–H groups in total. The Kier molecular flexibility index (Phi) is 5.47. The summed E-state index contributed by atoms with van der Waals surface area (Å²) in [6, 6.07) is 2.54. The van der Waals surface area contributed by atoms with E-state index in [1.54, 1.807) is 13.8 Å². The van der Waals surface area contributed by atoms with E-state index in [2.05, 4.69) is 5.32 Å². The molecule has 1 atom stereocenters. The molecule has 1 aromatic carbocycles. The maximum absolute atomic E-state index is 12.8. The summed E-state index contributed by atoms with van der Waals surface area (Å²) in [6.07, 6.45) is -4.36. The van der Waals surface area contributed by atoms with Crippen LogP contribution in [0, 0.1) is 0 Å². The summed E-state index contributed by atoms with van der Waals surface area (Å²) in [7, 11) is 1.27. The van der Waals surface area contributed by atoms with Crippen molar-refractivity contribution < 1.29 is 22.6 Å². The van der Waals surface area contributed by atoms with Crippen molar-refractivity contribution >= 4 is 0 Å². The molecular weight excluding hydrogens is 259 g/mol. The summed E-state index contributed by atoms with van der Waals surface area (Å²) in [5.74, 6) is 0.775. The summed E-state index contributed by atoms with van der Waals surface area (Å²) in [4.78, 5) is 0. The molecule has 1 rings (SSSR count). The minimum atomic E-state index is -4.36. The lowest BCUT2D eigenvalue weighted by atomic mass is 10.1. The van der Waals surface area contributed by atoms with Gasteiger partial charge < -0.3 is 14.8 Å². The largest absolute Gasteiger partial charge is 0.490 e. The van der Waals surface area contributed by atoms with Crippen LogP contribution in [0.2, 0.25) is 0 Å². The molecule has 108 valence electrons. The molecule has 0 bridgehead atoms. The molecule has 0 radical (unpaired) electrons. The van der Waals surface area contributed by atoms with Crippen molar-refractivity contribution in [2.45, 2.75) is 26.1 Å². The Hall–Kier alpha value is -1.43. The Morgan fingerprint density at radius 1 is 1.11 bits per heavy atom. The summed E-state index contributed by atoms with van der Waals surface area (Å²) in [5, 5.41) is 2.26. The van der Waals surface area contributed by atoms with Gasteiger partial charge >= 0.3 is 6.18 Å². The first-order valence-electron chi connectivity index (χ1n) is 6.07.